The van der Waals surface area contributed by atoms with Gasteiger partial charge in [-0.3, -0.25) is 28.8 Å². The molecule has 0 saturated carbocycles. The summed E-state index contributed by atoms with van der Waals surface area (Å²) in [6.45, 7) is -2.95. The molecule has 0 heterocycles. The average Bonchev–Trinajstić information content (AvgIpc) is 3.21. The maximum absolute atomic E-state index is 14.5. The third kappa shape index (κ3) is 14.9. The number of carbonyl (C=O) groups is 6. The topological polar surface area (TPSA) is 295 Å². The van der Waals surface area contributed by atoms with Gasteiger partial charge in [-0.25, -0.2) is 0 Å². The van der Waals surface area contributed by atoms with Gasteiger partial charge in [0, 0.05) is 64.9 Å². The Morgan fingerprint density at radius 1 is 0.533 bits per heavy atom. The first-order valence-corrected chi connectivity index (χ1v) is 24.4. The number of amides is 4. The van der Waals surface area contributed by atoms with Crippen LogP contribution < -0.4 is 10.6 Å². The number of benzene rings is 2. The van der Waals surface area contributed by atoms with Gasteiger partial charge in [-0.1, -0.05) is 6.92 Å². The van der Waals surface area contributed by atoms with Crippen molar-refractivity contribution in [1.29, 1.82) is 0 Å². The van der Waals surface area contributed by atoms with Crippen molar-refractivity contribution in [2.24, 2.45) is 0 Å². The summed E-state index contributed by atoms with van der Waals surface area (Å²) in [4.78, 5) is 82.6. The van der Waals surface area contributed by atoms with Crippen molar-refractivity contribution in [2.45, 2.75) is 63.4 Å². The van der Waals surface area contributed by atoms with Gasteiger partial charge in [0.15, 0.2) is 11.6 Å². The highest BCUT2D eigenvalue weighted by Crippen LogP contribution is 2.39. The Hall–Kier alpha value is -0.280. The van der Waals surface area contributed by atoms with Crippen LogP contribution in [0.25, 0.3) is 0 Å². The molecule has 18 nitrogen and oxygen atoms in total. The van der Waals surface area contributed by atoms with E-state index in [4.69, 9.17) is 0 Å². The van der Waals surface area contributed by atoms with Gasteiger partial charge in [-0.2, -0.15) is 0 Å². The van der Waals surface area contributed by atoms with Crippen molar-refractivity contribution in [1.82, 2.24) is 9.80 Å². The Morgan fingerprint density at radius 3 is 1.32 bits per heavy atom. The lowest BCUT2D eigenvalue weighted by molar-refractivity contribution is -0.119. The van der Waals surface area contributed by atoms with Crippen LogP contribution in [-0.4, -0.2) is 163 Å². The summed E-state index contributed by atoms with van der Waals surface area (Å²) in [7, 11) is 1.35. The monoisotopic (exact) mass is 1520 g/mol. The minimum atomic E-state index is -1.52. The number of aliphatic hydroxyl groups is 8. The summed E-state index contributed by atoms with van der Waals surface area (Å²) in [6.07, 6.45) is -4.87. The van der Waals surface area contributed by atoms with E-state index in [1.54, 1.807) is 74.7 Å². The molecule has 0 saturated heterocycles. The molecule has 4 unspecified atom stereocenters. The number of aliphatic hydroxyl groups excluding tert-OH is 8. The number of rotatable bonds is 23. The highest BCUT2D eigenvalue weighted by Gasteiger charge is 2.34. The van der Waals surface area contributed by atoms with Crippen LogP contribution in [0, 0.1) is 21.4 Å². The zero-order valence-electron chi connectivity index (χ0n) is 32.0. The summed E-state index contributed by atoms with van der Waals surface area (Å²) in [6, 6.07) is 0. The van der Waals surface area contributed by atoms with E-state index in [0.29, 0.717) is 9.99 Å². The van der Waals surface area contributed by atoms with Crippen LogP contribution in [0.5, 0.6) is 0 Å². The smallest absolute Gasteiger partial charge is 0.256 e. The lowest BCUT2D eigenvalue weighted by Crippen LogP contribution is -2.47. The first-order valence-electron chi connectivity index (χ1n) is 17.9. The molecule has 0 radical (unpaired) electrons. The molecule has 0 spiro atoms. The van der Waals surface area contributed by atoms with Gasteiger partial charge >= 0.3 is 0 Å². The highest BCUT2D eigenvalue weighted by molar-refractivity contribution is 14.1. The number of likely N-dealkylation sites (N-methyl/N-ethyl adjacent to an activating group) is 1. The van der Waals surface area contributed by atoms with Crippen LogP contribution in [0.1, 0.15) is 80.5 Å². The van der Waals surface area contributed by atoms with E-state index in [-0.39, 0.29) is 77.2 Å². The zero-order chi connectivity index (χ0) is 45.8. The van der Waals surface area contributed by atoms with E-state index in [0.717, 1.165) is 9.80 Å². The molecule has 60 heavy (non-hydrogen) atoms. The largest absolute Gasteiger partial charge is 0.394 e. The van der Waals surface area contributed by atoms with E-state index in [1.807, 2.05) is 67.8 Å². The second-order valence-electron chi connectivity index (χ2n) is 13.3. The number of Topliss-reactive ketones (excluding diaryl/α,β-unsaturated/α-hetero) is 2. The van der Waals surface area contributed by atoms with Crippen molar-refractivity contribution >= 4 is 182 Å². The molecule has 0 fully saturated rings. The Bertz CT molecular complexity index is 1940. The summed E-state index contributed by atoms with van der Waals surface area (Å²) < 4.78 is 1.23. The summed E-state index contributed by atoms with van der Waals surface area (Å²) in [5.74, 6) is -4.18. The van der Waals surface area contributed by atoms with Crippen LogP contribution >= 0.6 is 136 Å². The predicted molar refractivity (Wildman–Crippen MR) is 269 cm³/mol. The fourth-order valence-corrected chi connectivity index (χ4v) is 14.5. The summed E-state index contributed by atoms with van der Waals surface area (Å²) in [5.41, 5.74) is 0.0603. The van der Waals surface area contributed by atoms with Gasteiger partial charge in [0.25, 0.3) is 11.8 Å². The number of anilines is 2. The molecule has 4 atom stereocenters. The summed E-state index contributed by atoms with van der Waals surface area (Å²) in [5, 5.41) is 84.9. The maximum Gasteiger partial charge on any atom is 0.256 e. The van der Waals surface area contributed by atoms with E-state index in [9.17, 15) is 69.6 Å². The number of nitrogens with one attached hydrogen (secondary N) is 2. The second-order valence-corrected chi connectivity index (χ2v) is 19.7. The van der Waals surface area contributed by atoms with Gasteiger partial charge in [-0.05, 0) is 155 Å². The quantitative estimate of drug-likeness (QED) is 0.0564. The molecule has 4 amide bonds. The van der Waals surface area contributed by atoms with Crippen molar-refractivity contribution in [3.63, 3.8) is 0 Å². The molecule has 2 aromatic rings. The molecule has 334 valence electrons. The van der Waals surface area contributed by atoms with Gasteiger partial charge in [0.2, 0.25) is 11.8 Å². The molecule has 2 rings (SSSR count). The fraction of sp³-hybridized carbons (Fsp3) is 0.500. The number of hydrogen-bond donors (Lipinski definition) is 10. The van der Waals surface area contributed by atoms with Crippen molar-refractivity contribution in [3.8, 4) is 0 Å². The molecule has 10 N–H and O–H groups in total. The van der Waals surface area contributed by atoms with Crippen LogP contribution in [0.4, 0.5) is 11.4 Å². The van der Waals surface area contributed by atoms with Gasteiger partial charge in [-0.15, -0.1) is 0 Å². The molecule has 0 aliphatic carbocycles. The van der Waals surface area contributed by atoms with Crippen LogP contribution in [0.3, 0.4) is 0 Å². The minimum Gasteiger partial charge on any atom is -0.394 e. The van der Waals surface area contributed by atoms with Crippen molar-refractivity contribution < 1.29 is 69.6 Å². The predicted octanol–water partition coefficient (Wildman–Crippen LogP) is 2.15. The summed E-state index contributed by atoms with van der Waals surface area (Å²) >= 11 is 10.9. The molecule has 0 bridgehead atoms. The first kappa shape index (κ1) is 55.9. The number of ketones is 2. The van der Waals surface area contributed by atoms with Crippen molar-refractivity contribution in [2.75, 3.05) is 63.7 Å². The fourth-order valence-electron chi connectivity index (χ4n) is 5.52. The molecular formula is C36H44I6N4O14. The van der Waals surface area contributed by atoms with E-state index in [1.165, 1.54) is 7.05 Å². The van der Waals surface area contributed by atoms with Crippen LogP contribution in [0.2, 0.25) is 0 Å². The van der Waals surface area contributed by atoms with E-state index in [2.05, 4.69) is 10.6 Å². The molecule has 0 aliphatic heterocycles. The molecule has 0 aromatic heterocycles. The lowest BCUT2D eigenvalue weighted by Gasteiger charge is -2.30. The van der Waals surface area contributed by atoms with Gasteiger partial charge in [0.05, 0.1) is 67.3 Å². The normalized spacial score (nSPS) is 13.3. The molecule has 2 aromatic carbocycles. The Balaban J connectivity index is 2.65. The van der Waals surface area contributed by atoms with Gasteiger partial charge < -0.3 is 61.3 Å². The number of carbonyl (C=O) groups excluding carboxylic acids is 6. The maximum atomic E-state index is 14.5. The average molecular weight is 1520 g/mol. The van der Waals surface area contributed by atoms with Crippen LogP contribution in [0.15, 0.2) is 0 Å². The van der Waals surface area contributed by atoms with Crippen molar-refractivity contribution in [3.05, 3.63) is 43.7 Å². The third-order valence-corrected chi connectivity index (χ3v) is 15.2. The number of hydrogen-bond acceptors (Lipinski definition) is 14. The Kier molecular flexibility index (Phi) is 24.8. The minimum absolute atomic E-state index is 0.00765. The third-order valence-electron chi connectivity index (χ3n) is 8.72. The SMILES string of the molecule is CCC(O)CCC(=O)c1c(I)c(NC(=O)CO)c(I)c(C(=O)N(C)CC(O)CN(CC(O)CO)C(=O)c2c(I)c(NC(=O)CO)c(I)c(C(=O)CCC(O)CO)c2I)c1I. The van der Waals surface area contributed by atoms with Gasteiger partial charge in [0.1, 0.15) is 13.2 Å². The molecule has 24 heteroatoms. The Morgan fingerprint density at radius 2 is 0.917 bits per heavy atom. The van der Waals surface area contributed by atoms with E-state index < -0.39 is 106 Å². The number of nitrogens with zero attached hydrogens (tertiary/aromatic N) is 2. The first-order chi connectivity index (χ1) is 28.1. The molecule has 0 aliphatic rings. The highest BCUT2D eigenvalue weighted by atomic mass is 127. The zero-order valence-corrected chi connectivity index (χ0v) is 44.9. The standard InChI is InChI=1S/C36H44I6N4O14/c1-3-15(51)4-6-19(55)23-27(37)25(31(41)33(29(23)39)43-21(57)13-49)35(59)45(2)8-17(53)9-46(10-18(54)12-48)36(60)26-28(38)24(20(56)7-5-16(52)11-47)30(40)34(32(26)42)44-22(58)14-50/h15-18,47-54H,3-14H2,1-2H3,(H,43,57)(H,44,58). The molecular weight excluding hydrogens is 1470 g/mol. The Labute approximate surface area is 427 Å². The number of halogens is 6. The van der Waals surface area contributed by atoms with E-state index >= 15 is 0 Å². The lowest BCUT2D eigenvalue weighted by atomic mass is 10.00. The van der Waals surface area contributed by atoms with Crippen LogP contribution in [-0.2, 0) is 9.59 Å². The second kappa shape index (κ2) is 26.6.